The maximum absolute atomic E-state index is 13.8. The van der Waals surface area contributed by atoms with Crippen molar-refractivity contribution in [1.29, 1.82) is 0 Å². The Morgan fingerprint density at radius 3 is 2.14 bits per heavy atom. The Hall–Kier alpha value is -3.65. The van der Waals surface area contributed by atoms with E-state index in [0.717, 1.165) is 18.5 Å². The first-order valence-electron chi connectivity index (χ1n) is 11.8. The largest absolute Gasteiger partial charge is 0.497 e. The number of carbonyl (C=O) groups is 2. The number of fused-ring (bicyclic) bond motifs is 1. The van der Waals surface area contributed by atoms with Crippen LogP contribution in [-0.4, -0.2) is 73.2 Å². The molecule has 3 aromatic rings. The maximum atomic E-state index is 13.8. The lowest BCUT2D eigenvalue weighted by Gasteiger charge is -2.29. The fraction of sp³-hybridized carbons (Fsp3) is 0.370. The number of hydrogen-bond acceptors (Lipinski definition) is 5. The van der Waals surface area contributed by atoms with Gasteiger partial charge in [-0.2, -0.15) is 5.10 Å². The topological polar surface area (TPSA) is 70.9 Å². The monoisotopic (exact) mass is 473 g/mol. The average Bonchev–Trinajstić information content (AvgIpc) is 3.59. The van der Waals surface area contributed by atoms with Gasteiger partial charge in [-0.25, -0.2) is 4.68 Å². The van der Waals surface area contributed by atoms with E-state index in [-0.39, 0.29) is 17.4 Å². The second-order valence-corrected chi connectivity index (χ2v) is 9.66. The molecule has 0 unspecified atom stereocenters. The molecule has 0 N–H and O–H groups in total. The van der Waals surface area contributed by atoms with Crippen LogP contribution in [0.25, 0.3) is 5.69 Å². The highest BCUT2D eigenvalue weighted by Crippen LogP contribution is 2.49. The summed E-state index contributed by atoms with van der Waals surface area (Å²) < 4.78 is 6.87. The summed E-state index contributed by atoms with van der Waals surface area (Å²) in [5, 5.41) is 4.62. The number of hydrogen-bond donors (Lipinski definition) is 0. The fourth-order valence-corrected chi connectivity index (χ4v) is 4.96. The smallest absolute Gasteiger partial charge is 0.277 e. The first-order valence-corrected chi connectivity index (χ1v) is 11.8. The molecule has 182 valence electrons. The van der Waals surface area contributed by atoms with Gasteiger partial charge >= 0.3 is 0 Å². The van der Waals surface area contributed by atoms with Crippen molar-refractivity contribution in [3.63, 3.8) is 0 Å². The van der Waals surface area contributed by atoms with E-state index in [1.54, 1.807) is 30.8 Å². The summed E-state index contributed by atoms with van der Waals surface area (Å²) in [6.45, 7) is 0.492. The number of anilines is 1. The maximum Gasteiger partial charge on any atom is 0.277 e. The summed E-state index contributed by atoms with van der Waals surface area (Å²) in [4.78, 5) is 32.3. The third kappa shape index (κ3) is 3.78. The summed E-state index contributed by atoms with van der Waals surface area (Å²) >= 11 is 0. The second-order valence-electron chi connectivity index (χ2n) is 9.66. The van der Waals surface area contributed by atoms with E-state index in [1.807, 2.05) is 36.4 Å². The zero-order valence-corrected chi connectivity index (χ0v) is 20.9. The predicted molar refractivity (Wildman–Crippen MR) is 135 cm³/mol. The van der Waals surface area contributed by atoms with Gasteiger partial charge in [-0.05, 0) is 75.3 Å². The molecule has 0 bridgehead atoms. The molecule has 2 aromatic carbocycles. The number of carbonyl (C=O) groups excluding carboxylic acids is 2. The SMILES string of the molecule is COc1ccc(-n2nc(C(=O)N(C)C)c3c2C(=O)N(c2ccc(C4(N(C)C)CC4)cc2)CC3)cc1. The number of ether oxygens (including phenoxy) is 1. The van der Waals surface area contributed by atoms with Crippen LogP contribution in [0.4, 0.5) is 5.69 Å². The van der Waals surface area contributed by atoms with E-state index in [0.29, 0.717) is 41.4 Å². The van der Waals surface area contributed by atoms with Crippen molar-refractivity contribution in [2.45, 2.75) is 24.8 Å². The highest BCUT2D eigenvalue weighted by atomic mass is 16.5. The van der Waals surface area contributed by atoms with Gasteiger partial charge in [-0.15, -0.1) is 0 Å². The van der Waals surface area contributed by atoms with Gasteiger partial charge in [-0.1, -0.05) is 12.1 Å². The molecule has 35 heavy (non-hydrogen) atoms. The number of methoxy groups -OCH3 is 1. The molecule has 2 aliphatic rings. The normalized spacial score (nSPS) is 16.3. The second kappa shape index (κ2) is 8.53. The molecule has 1 aromatic heterocycles. The molecule has 8 nitrogen and oxygen atoms in total. The zero-order valence-electron chi connectivity index (χ0n) is 20.9. The molecule has 5 rings (SSSR count). The molecule has 1 aliphatic carbocycles. The average molecular weight is 474 g/mol. The lowest BCUT2D eigenvalue weighted by Crippen LogP contribution is -2.39. The number of aromatic nitrogens is 2. The molecular formula is C27H31N5O3. The van der Waals surface area contributed by atoms with Gasteiger partial charge in [0.2, 0.25) is 0 Å². The zero-order chi connectivity index (χ0) is 24.9. The van der Waals surface area contributed by atoms with E-state index in [2.05, 4.69) is 36.2 Å². The van der Waals surface area contributed by atoms with Crippen LogP contribution in [0.5, 0.6) is 5.75 Å². The van der Waals surface area contributed by atoms with E-state index < -0.39 is 0 Å². The van der Waals surface area contributed by atoms with Gasteiger partial charge in [0, 0.05) is 37.4 Å². The summed E-state index contributed by atoms with van der Waals surface area (Å²) in [6, 6.07) is 15.6. The molecule has 1 fully saturated rings. The Morgan fingerprint density at radius 2 is 1.60 bits per heavy atom. The van der Waals surface area contributed by atoms with Gasteiger partial charge in [0.15, 0.2) is 5.69 Å². The summed E-state index contributed by atoms with van der Waals surface area (Å²) in [6.07, 6.45) is 2.85. The quantitative estimate of drug-likeness (QED) is 0.549. The van der Waals surface area contributed by atoms with Crippen molar-refractivity contribution in [2.75, 3.05) is 46.7 Å². The molecule has 0 saturated heterocycles. The fourth-order valence-electron chi connectivity index (χ4n) is 4.96. The molecular weight excluding hydrogens is 442 g/mol. The van der Waals surface area contributed by atoms with E-state index in [1.165, 1.54) is 10.5 Å². The molecule has 0 radical (unpaired) electrons. The number of benzene rings is 2. The Bertz CT molecular complexity index is 1270. The van der Waals surface area contributed by atoms with E-state index >= 15 is 0 Å². The van der Waals surface area contributed by atoms with Gasteiger partial charge in [0.05, 0.1) is 12.8 Å². The van der Waals surface area contributed by atoms with E-state index in [9.17, 15) is 9.59 Å². The van der Waals surface area contributed by atoms with Gasteiger partial charge < -0.3 is 14.5 Å². The molecule has 1 aliphatic heterocycles. The highest BCUT2D eigenvalue weighted by Gasteiger charge is 2.46. The molecule has 0 spiro atoms. The van der Waals surface area contributed by atoms with Crippen molar-refractivity contribution >= 4 is 17.5 Å². The Kier molecular flexibility index (Phi) is 5.63. The minimum Gasteiger partial charge on any atom is -0.497 e. The first kappa shape index (κ1) is 23.1. The first-order chi connectivity index (χ1) is 16.8. The summed E-state index contributed by atoms with van der Waals surface area (Å²) in [7, 11) is 9.22. The van der Waals surface area contributed by atoms with Crippen LogP contribution < -0.4 is 9.64 Å². The molecule has 2 heterocycles. The van der Waals surface area contributed by atoms with E-state index in [4.69, 9.17) is 4.74 Å². The van der Waals surface area contributed by atoms with Crippen molar-refractivity contribution in [1.82, 2.24) is 19.6 Å². The van der Waals surface area contributed by atoms with Gasteiger partial charge in [0.1, 0.15) is 11.4 Å². The third-order valence-electron chi connectivity index (χ3n) is 7.24. The van der Waals surface area contributed by atoms with Crippen LogP contribution in [0.2, 0.25) is 0 Å². The van der Waals surface area contributed by atoms with Crippen LogP contribution in [0.1, 0.15) is 44.9 Å². The highest BCUT2D eigenvalue weighted by molar-refractivity contribution is 6.09. The van der Waals surface area contributed by atoms with Crippen LogP contribution in [0.3, 0.4) is 0 Å². The molecule has 1 saturated carbocycles. The van der Waals surface area contributed by atoms with Crippen LogP contribution in [0.15, 0.2) is 48.5 Å². The van der Waals surface area contributed by atoms with Crippen LogP contribution in [0, 0.1) is 0 Å². The Balaban J connectivity index is 1.54. The summed E-state index contributed by atoms with van der Waals surface area (Å²) in [5.41, 5.74) is 4.40. The lowest BCUT2D eigenvalue weighted by atomic mass is 10.00. The minimum atomic E-state index is -0.211. The standard InChI is InChI=1S/C27H31N5O3/c1-29(2)25(33)23-22-14-17-31(19-8-6-18(7-9-19)27(15-16-27)30(3)4)26(34)24(22)32(28-23)20-10-12-21(35-5)13-11-20/h6-13H,14-17H2,1-5H3. The third-order valence-corrected chi connectivity index (χ3v) is 7.24. The number of rotatable bonds is 6. The van der Waals surface area contributed by atoms with Crippen LogP contribution >= 0.6 is 0 Å². The molecule has 0 atom stereocenters. The number of nitrogens with zero attached hydrogens (tertiary/aromatic N) is 5. The predicted octanol–water partition coefficient (Wildman–Crippen LogP) is 3.34. The van der Waals surface area contributed by atoms with Crippen molar-refractivity contribution < 1.29 is 14.3 Å². The lowest BCUT2D eigenvalue weighted by molar-refractivity contribution is 0.0820. The van der Waals surface area contributed by atoms with Crippen LogP contribution in [-0.2, 0) is 12.0 Å². The minimum absolute atomic E-state index is 0.117. The van der Waals surface area contributed by atoms with Crippen molar-refractivity contribution in [3.8, 4) is 11.4 Å². The van der Waals surface area contributed by atoms with Crippen molar-refractivity contribution in [2.24, 2.45) is 0 Å². The molecule has 8 heteroatoms. The van der Waals surface area contributed by atoms with Gasteiger partial charge in [-0.3, -0.25) is 14.5 Å². The number of amides is 2. The van der Waals surface area contributed by atoms with Gasteiger partial charge in [0.25, 0.3) is 11.8 Å². The Labute approximate surface area is 205 Å². The summed E-state index contributed by atoms with van der Waals surface area (Å²) in [5.74, 6) is 0.338. The van der Waals surface area contributed by atoms with Crippen molar-refractivity contribution in [3.05, 3.63) is 71.0 Å². The Morgan fingerprint density at radius 1 is 0.971 bits per heavy atom. The molecule has 2 amide bonds.